The summed E-state index contributed by atoms with van der Waals surface area (Å²) < 4.78 is 15.6. The number of nitrogens with two attached hydrogens (primary N) is 1. The van der Waals surface area contributed by atoms with Gasteiger partial charge in [-0.25, -0.2) is 4.79 Å². The van der Waals surface area contributed by atoms with E-state index in [2.05, 4.69) is 10.1 Å². The lowest BCUT2D eigenvalue weighted by Crippen LogP contribution is -2.51. The average Bonchev–Trinajstić information content (AvgIpc) is 2.35. The fourth-order valence-corrected chi connectivity index (χ4v) is 1.88. The van der Waals surface area contributed by atoms with E-state index in [-0.39, 0.29) is 6.54 Å². The smallest absolute Gasteiger partial charge is 0.364 e. The van der Waals surface area contributed by atoms with Gasteiger partial charge in [0.2, 0.25) is 0 Å². The number of carbonyl (C=O) groups is 1. The number of amides is 2. The lowest BCUT2D eigenvalue weighted by atomic mass is 10.3. The second-order valence-corrected chi connectivity index (χ2v) is 5.65. The molecule has 0 aromatic heterocycles. The standard InChI is InChI=1S/C8H15N6O5P/c1-6(19-5-20(16,17)18)4-13-3-2-7(9)14(8(13)15)12-11-10/h2-3,6-7H,4-5,9H2,1H3,(H2,16,17,18). The van der Waals surface area contributed by atoms with E-state index in [9.17, 15) is 9.36 Å². The molecule has 1 rings (SSSR count). The third kappa shape index (κ3) is 4.82. The highest BCUT2D eigenvalue weighted by molar-refractivity contribution is 7.51. The van der Waals surface area contributed by atoms with Crippen LogP contribution < -0.4 is 5.73 Å². The highest BCUT2D eigenvalue weighted by Gasteiger charge is 2.32. The van der Waals surface area contributed by atoms with Gasteiger partial charge in [-0.1, -0.05) is 0 Å². The quantitative estimate of drug-likeness (QED) is 0.276. The summed E-state index contributed by atoms with van der Waals surface area (Å²) in [6.45, 7) is 1.57. The van der Waals surface area contributed by atoms with Crippen molar-refractivity contribution < 1.29 is 23.9 Å². The molecule has 0 saturated carbocycles. The van der Waals surface area contributed by atoms with Gasteiger partial charge < -0.3 is 14.5 Å². The molecule has 12 heteroatoms. The second-order valence-electron chi connectivity index (χ2n) is 4.06. The van der Waals surface area contributed by atoms with Crippen LogP contribution in [0.1, 0.15) is 6.92 Å². The van der Waals surface area contributed by atoms with Crippen LogP contribution in [0.2, 0.25) is 0 Å². The van der Waals surface area contributed by atoms with Gasteiger partial charge >= 0.3 is 13.6 Å². The first-order valence-electron chi connectivity index (χ1n) is 5.49. The van der Waals surface area contributed by atoms with Gasteiger partial charge in [-0.05, 0) is 18.2 Å². The van der Waals surface area contributed by atoms with Gasteiger partial charge in [-0.15, -0.1) is 10.5 Å². The van der Waals surface area contributed by atoms with Crippen LogP contribution in [-0.4, -0.2) is 50.9 Å². The first-order chi connectivity index (χ1) is 9.24. The minimum absolute atomic E-state index is 0.0273. The van der Waals surface area contributed by atoms with Crippen molar-refractivity contribution in [1.82, 2.24) is 9.91 Å². The van der Waals surface area contributed by atoms with Crippen molar-refractivity contribution in [3.63, 3.8) is 0 Å². The van der Waals surface area contributed by atoms with Crippen LogP contribution in [-0.2, 0) is 9.30 Å². The molecule has 0 spiro atoms. The minimum atomic E-state index is -4.26. The van der Waals surface area contributed by atoms with Gasteiger partial charge in [0.15, 0.2) is 6.17 Å². The van der Waals surface area contributed by atoms with Crippen LogP contribution in [0.15, 0.2) is 17.5 Å². The maximum atomic E-state index is 11.9. The molecule has 20 heavy (non-hydrogen) atoms. The SMILES string of the molecule is CC(CN1C=CC(N)N(N=[N+]=[N-])C1=O)OCP(=O)(O)O. The summed E-state index contributed by atoms with van der Waals surface area (Å²) in [5.41, 5.74) is 13.9. The Morgan fingerprint density at radius 2 is 2.35 bits per heavy atom. The highest BCUT2D eigenvalue weighted by Crippen LogP contribution is 2.34. The molecule has 0 bridgehead atoms. The Balaban J connectivity index is 2.63. The van der Waals surface area contributed by atoms with Crippen LogP contribution in [0, 0.1) is 0 Å². The van der Waals surface area contributed by atoms with Gasteiger partial charge in [-0.2, -0.15) is 4.91 Å². The fourth-order valence-electron chi connectivity index (χ4n) is 1.43. The molecule has 2 atom stereocenters. The molecule has 2 amide bonds. The molecule has 1 aliphatic rings. The molecule has 11 nitrogen and oxygen atoms in total. The minimum Gasteiger partial charge on any atom is -0.364 e. The number of carbonyl (C=O) groups excluding carboxylic acids is 1. The van der Waals surface area contributed by atoms with Crippen LogP contribution in [0.5, 0.6) is 0 Å². The summed E-state index contributed by atoms with van der Waals surface area (Å²) in [7, 11) is -4.26. The Bertz CT molecular complexity index is 486. The van der Waals surface area contributed by atoms with Crippen LogP contribution >= 0.6 is 7.60 Å². The summed E-state index contributed by atoms with van der Waals surface area (Å²) >= 11 is 0. The predicted octanol–water partition coefficient (Wildman–Crippen LogP) is 0.288. The van der Waals surface area contributed by atoms with Crippen LogP contribution in [0.25, 0.3) is 10.4 Å². The first-order valence-corrected chi connectivity index (χ1v) is 7.29. The zero-order chi connectivity index (χ0) is 15.3. The van der Waals surface area contributed by atoms with E-state index in [0.717, 1.165) is 5.01 Å². The van der Waals surface area contributed by atoms with E-state index in [0.29, 0.717) is 0 Å². The third-order valence-electron chi connectivity index (χ3n) is 2.30. The van der Waals surface area contributed by atoms with Crippen molar-refractivity contribution in [3.8, 4) is 0 Å². The number of urea groups is 1. The van der Waals surface area contributed by atoms with Gasteiger partial charge in [-0.3, -0.25) is 15.2 Å². The van der Waals surface area contributed by atoms with Crippen molar-refractivity contribution in [2.45, 2.75) is 19.2 Å². The highest BCUT2D eigenvalue weighted by atomic mass is 31.2. The number of hydrogen-bond acceptors (Lipinski definition) is 5. The molecule has 2 unspecified atom stereocenters. The van der Waals surface area contributed by atoms with Crippen molar-refractivity contribution in [2.75, 3.05) is 12.9 Å². The molecule has 112 valence electrons. The van der Waals surface area contributed by atoms with E-state index in [1.165, 1.54) is 17.2 Å². The van der Waals surface area contributed by atoms with Gasteiger partial charge in [0, 0.05) is 6.20 Å². The summed E-state index contributed by atoms with van der Waals surface area (Å²) in [4.78, 5) is 32.9. The van der Waals surface area contributed by atoms with Crippen LogP contribution in [0.4, 0.5) is 4.79 Å². The maximum absolute atomic E-state index is 11.9. The summed E-state index contributed by atoms with van der Waals surface area (Å²) in [6.07, 6.45) is 0.610. The Labute approximate surface area is 114 Å². The van der Waals surface area contributed by atoms with Crippen molar-refractivity contribution in [1.29, 1.82) is 0 Å². The fraction of sp³-hybridized carbons (Fsp3) is 0.625. The van der Waals surface area contributed by atoms with E-state index >= 15 is 0 Å². The number of ether oxygens (including phenoxy) is 1. The van der Waals surface area contributed by atoms with Crippen molar-refractivity contribution >= 4 is 13.6 Å². The summed E-state index contributed by atoms with van der Waals surface area (Å²) in [6, 6.07) is -0.649. The average molecular weight is 306 g/mol. The summed E-state index contributed by atoms with van der Waals surface area (Å²) in [5.74, 6) is 0. The van der Waals surface area contributed by atoms with E-state index in [4.69, 9.17) is 25.8 Å². The Morgan fingerprint density at radius 1 is 1.70 bits per heavy atom. The Hall–Kier alpha value is -1.61. The molecule has 0 saturated heterocycles. The molecule has 0 radical (unpaired) electrons. The van der Waals surface area contributed by atoms with Gasteiger partial charge in [0.1, 0.15) is 6.35 Å². The second kappa shape index (κ2) is 6.71. The van der Waals surface area contributed by atoms with Crippen molar-refractivity contribution in [3.05, 3.63) is 22.7 Å². The lowest BCUT2D eigenvalue weighted by molar-refractivity contribution is 0.0641. The van der Waals surface area contributed by atoms with E-state index in [1.807, 2.05) is 0 Å². The predicted molar refractivity (Wildman–Crippen MR) is 67.7 cm³/mol. The summed E-state index contributed by atoms with van der Waals surface area (Å²) in [5, 5.41) is 3.92. The van der Waals surface area contributed by atoms with Crippen LogP contribution in [0.3, 0.4) is 0 Å². The lowest BCUT2D eigenvalue weighted by Gasteiger charge is -2.29. The van der Waals surface area contributed by atoms with E-state index < -0.39 is 32.2 Å². The molecule has 0 aliphatic carbocycles. The Morgan fingerprint density at radius 3 is 2.90 bits per heavy atom. The molecule has 0 fully saturated rings. The maximum Gasteiger partial charge on any atom is 0.420 e. The number of nitrogens with zero attached hydrogens (tertiary/aromatic N) is 5. The number of hydrogen-bond donors (Lipinski definition) is 3. The van der Waals surface area contributed by atoms with Crippen molar-refractivity contribution in [2.24, 2.45) is 11.0 Å². The zero-order valence-electron chi connectivity index (χ0n) is 10.6. The number of rotatable bonds is 6. The molecular weight excluding hydrogens is 291 g/mol. The van der Waals surface area contributed by atoms with Gasteiger partial charge in [0.25, 0.3) is 0 Å². The molecule has 1 aliphatic heterocycles. The Kier molecular flexibility index (Phi) is 5.52. The molecule has 4 N–H and O–H groups in total. The zero-order valence-corrected chi connectivity index (χ0v) is 11.5. The van der Waals surface area contributed by atoms with E-state index in [1.54, 1.807) is 6.92 Å². The topological polar surface area (TPSA) is 165 Å². The number of azide groups is 1. The third-order valence-corrected chi connectivity index (χ3v) is 2.79. The first kappa shape index (κ1) is 16.4. The monoisotopic (exact) mass is 306 g/mol. The normalized spacial score (nSPS) is 20.8. The van der Waals surface area contributed by atoms with Gasteiger partial charge in [0.05, 0.1) is 12.6 Å². The molecule has 0 aromatic carbocycles. The molecular formula is C8H15N6O5P. The molecule has 0 aromatic rings. The largest absolute Gasteiger partial charge is 0.420 e. The molecule has 1 heterocycles.